The molecule has 0 aliphatic heterocycles. The van der Waals surface area contributed by atoms with E-state index in [4.69, 9.17) is 37.6 Å². The van der Waals surface area contributed by atoms with Crippen molar-refractivity contribution >= 4 is 36.5 Å². The van der Waals surface area contributed by atoms with Gasteiger partial charge in [-0.15, -0.1) is 0 Å². The monoisotopic (exact) mass is 399 g/mol. The minimum atomic E-state index is -1.17. The van der Waals surface area contributed by atoms with Gasteiger partial charge in [0.05, 0.1) is 0 Å². The first kappa shape index (κ1) is 28.9. The van der Waals surface area contributed by atoms with Crippen LogP contribution in [0.1, 0.15) is 33.1 Å². The standard InChI is InChI=1S/C6H13NO2.C5H9NO4.C3H7NO2S/c1-4(2)3-5(7)6(8)9;6-3(5(9)10)1-2-4(7)8;4-2(1-7)3(5)6/h4-5H,3,7H2,1-2H3,(H,8,9);3H,1-2,6H2,(H,7,8)(H,9,10);2,7H,1,4H2,(H,5,6). The van der Waals surface area contributed by atoms with E-state index in [9.17, 15) is 19.2 Å². The van der Waals surface area contributed by atoms with Gasteiger partial charge in [-0.2, -0.15) is 12.6 Å². The molecule has 0 saturated heterocycles. The molecule has 0 radical (unpaired) electrons. The Morgan fingerprint density at radius 3 is 1.35 bits per heavy atom. The Balaban J connectivity index is -0.000000310. The van der Waals surface area contributed by atoms with Gasteiger partial charge in [0.25, 0.3) is 0 Å². The number of carboxylic acids is 4. The van der Waals surface area contributed by atoms with Crippen LogP contribution < -0.4 is 17.2 Å². The van der Waals surface area contributed by atoms with Gasteiger partial charge in [0.2, 0.25) is 0 Å². The quantitative estimate of drug-likeness (QED) is 0.220. The van der Waals surface area contributed by atoms with E-state index in [1.54, 1.807) is 0 Å². The third kappa shape index (κ3) is 22.1. The summed E-state index contributed by atoms with van der Waals surface area (Å²) in [6, 6.07) is -2.57. The molecule has 0 aromatic heterocycles. The number of nitrogens with two attached hydrogens (primary N) is 3. The Morgan fingerprint density at radius 2 is 1.19 bits per heavy atom. The maximum Gasteiger partial charge on any atom is 0.321 e. The predicted molar refractivity (Wildman–Crippen MR) is 97.0 cm³/mol. The van der Waals surface area contributed by atoms with Crippen molar-refractivity contribution in [2.75, 3.05) is 5.75 Å². The van der Waals surface area contributed by atoms with Crippen molar-refractivity contribution in [3.05, 3.63) is 0 Å². The van der Waals surface area contributed by atoms with Crippen molar-refractivity contribution in [2.24, 2.45) is 23.1 Å². The van der Waals surface area contributed by atoms with E-state index in [2.05, 4.69) is 12.6 Å². The Hall–Kier alpha value is -1.89. The van der Waals surface area contributed by atoms with E-state index in [-0.39, 0.29) is 18.6 Å². The summed E-state index contributed by atoms with van der Waals surface area (Å²) in [6.45, 7) is 3.89. The fourth-order valence-electron chi connectivity index (χ4n) is 1.09. The van der Waals surface area contributed by atoms with E-state index in [0.717, 1.165) is 0 Å². The number of carboxylic acid groups (broad SMARTS) is 4. The molecule has 0 heterocycles. The first-order valence-corrected chi connectivity index (χ1v) is 8.17. The van der Waals surface area contributed by atoms with Gasteiger partial charge in [0, 0.05) is 12.2 Å². The van der Waals surface area contributed by atoms with Crippen LogP contribution in [0.25, 0.3) is 0 Å². The van der Waals surface area contributed by atoms with Crippen LogP contribution in [0.2, 0.25) is 0 Å². The Labute approximate surface area is 156 Å². The van der Waals surface area contributed by atoms with Gasteiger partial charge in [-0.05, 0) is 18.8 Å². The summed E-state index contributed by atoms with van der Waals surface area (Å²) < 4.78 is 0. The highest BCUT2D eigenvalue weighted by Gasteiger charge is 2.12. The van der Waals surface area contributed by atoms with E-state index in [1.165, 1.54) is 0 Å². The molecular formula is C14H29N3O8S. The second-order valence-electron chi connectivity index (χ2n) is 5.58. The summed E-state index contributed by atoms with van der Waals surface area (Å²) in [5.41, 5.74) is 15.2. The summed E-state index contributed by atoms with van der Waals surface area (Å²) in [6.07, 6.45) is 0.327. The topological polar surface area (TPSA) is 227 Å². The molecule has 0 aromatic rings. The van der Waals surface area contributed by atoms with Crippen molar-refractivity contribution in [1.82, 2.24) is 0 Å². The molecular weight excluding hydrogens is 370 g/mol. The third-order valence-corrected chi connectivity index (χ3v) is 2.94. The van der Waals surface area contributed by atoms with Crippen LogP contribution in [0.5, 0.6) is 0 Å². The molecule has 0 aromatic carbocycles. The molecule has 3 atom stereocenters. The Bertz CT molecular complexity index is 448. The van der Waals surface area contributed by atoms with Crippen LogP contribution in [-0.2, 0) is 19.2 Å². The zero-order valence-corrected chi connectivity index (χ0v) is 15.6. The summed E-state index contributed by atoms with van der Waals surface area (Å²) in [5, 5.41) is 32.6. The first-order valence-electron chi connectivity index (χ1n) is 7.53. The van der Waals surface area contributed by atoms with Gasteiger partial charge >= 0.3 is 23.9 Å². The molecule has 0 bridgehead atoms. The number of rotatable bonds is 9. The molecule has 0 fully saturated rings. The molecule has 12 heteroatoms. The minimum Gasteiger partial charge on any atom is -0.481 e. The third-order valence-electron chi connectivity index (χ3n) is 2.54. The fraction of sp³-hybridized carbons (Fsp3) is 0.714. The first-order chi connectivity index (χ1) is 11.8. The lowest BCUT2D eigenvalue weighted by Gasteiger charge is -2.07. The van der Waals surface area contributed by atoms with Crippen molar-refractivity contribution < 1.29 is 39.6 Å². The molecule has 10 N–H and O–H groups in total. The molecule has 154 valence electrons. The van der Waals surface area contributed by atoms with E-state index < -0.39 is 42.0 Å². The molecule has 11 nitrogen and oxygen atoms in total. The van der Waals surface area contributed by atoms with E-state index in [0.29, 0.717) is 12.3 Å². The maximum atomic E-state index is 10.1. The van der Waals surface area contributed by atoms with Crippen molar-refractivity contribution in [1.29, 1.82) is 0 Å². The largest absolute Gasteiger partial charge is 0.481 e. The lowest BCUT2D eigenvalue weighted by Crippen LogP contribution is -2.31. The average Bonchev–Trinajstić information content (AvgIpc) is 2.51. The number of thiol groups is 1. The van der Waals surface area contributed by atoms with E-state index in [1.807, 2.05) is 13.8 Å². The van der Waals surface area contributed by atoms with Crippen molar-refractivity contribution in [2.45, 2.75) is 51.2 Å². The average molecular weight is 399 g/mol. The number of carbonyl (C=O) groups is 4. The predicted octanol–water partition coefficient (Wildman–Crippen LogP) is -0.964. The van der Waals surface area contributed by atoms with Gasteiger partial charge in [-0.1, -0.05) is 13.8 Å². The van der Waals surface area contributed by atoms with Crippen LogP contribution in [0.15, 0.2) is 0 Å². The van der Waals surface area contributed by atoms with Gasteiger partial charge in [-0.25, -0.2) is 0 Å². The number of hydrogen-bond donors (Lipinski definition) is 8. The zero-order chi connectivity index (χ0) is 21.4. The van der Waals surface area contributed by atoms with E-state index >= 15 is 0 Å². The highest BCUT2D eigenvalue weighted by Crippen LogP contribution is 2.01. The van der Waals surface area contributed by atoms with Gasteiger partial charge < -0.3 is 37.6 Å². The van der Waals surface area contributed by atoms with Gasteiger partial charge in [0.1, 0.15) is 18.1 Å². The molecule has 3 unspecified atom stereocenters. The highest BCUT2D eigenvalue weighted by atomic mass is 32.1. The van der Waals surface area contributed by atoms with Crippen LogP contribution >= 0.6 is 12.6 Å². The van der Waals surface area contributed by atoms with Crippen LogP contribution in [0.3, 0.4) is 0 Å². The van der Waals surface area contributed by atoms with Gasteiger partial charge in [0.15, 0.2) is 0 Å². The minimum absolute atomic E-state index is 0.0231. The number of hydrogen-bond acceptors (Lipinski definition) is 8. The summed E-state index contributed by atoms with van der Waals surface area (Å²) >= 11 is 3.65. The molecule has 0 amide bonds. The molecule has 0 aliphatic rings. The second-order valence-corrected chi connectivity index (χ2v) is 5.94. The van der Waals surface area contributed by atoms with Crippen molar-refractivity contribution in [3.8, 4) is 0 Å². The van der Waals surface area contributed by atoms with Crippen LogP contribution in [0, 0.1) is 5.92 Å². The highest BCUT2D eigenvalue weighted by molar-refractivity contribution is 7.80. The molecule has 0 saturated carbocycles. The lowest BCUT2D eigenvalue weighted by molar-refractivity contribution is -0.140. The summed E-state index contributed by atoms with van der Waals surface area (Å²) in [4.78, 5) is 39.7. The van der Waals surface area contributed by atoms with Crippen molar-refractivity contribution in [3.63, 3.8) is 0 Å². The Morgan fingerprint density at radius 1 is 0.808 bits per heavy atom. The molecule has 26 heavy (non-hydrogen) atoms. The smallest absolute Gasteiger partial charge is 0.321 e. The molecule has 0 aliphatic carbocycles. The van der Waals surface area contributed by atoms with Crippen LogP contribution in [0.4, 0.5) is 0 Å². The van der Waals surface area contributed by atoms with Gasteiger partial charge in [-0.3, -0.25) is 19.2 Å². The zero-order valence-electron chi connectivity index (χ0n) is 14.7. The lowest BCUT2D eigenvalue weighted by atomic mass is 10.1. The Kier molecular flexibility index (Phi) is 18.4. The number of aliphatic carboxylic acids is 4. The normalized spacial score (nSPS) is 13.2. The molecule has 0 rings (SSSR count). The molecule has 0 spiro atoms. The summed E-state index contributed by atoms with van der Waals surface area (Å²) in [5.74, 6) is -3.57. The fourth-order valence-corrected chi connectivity index (χ4v) is 1.25. The van der Waals surface area contributed by atoms with Crippen LogP contribution in [-0.4, -0.2) is 68.2 Å². The second kappa shape index (κ2) is 16.6. The SMILES string of the molecule is CC(C)CC(N)C(=O)O.NC(CCC(=O)O)C(=O)O.NC(CS)C(=O)O. The summed E-state index contributed by atoms with van der Waals surface area (Å²) in [7, 11) is 0. The maximum absolute atomic E-state index is 10.1.